The Balaban J connectivity index is 1.91. The van der Waals surface area contributed by atoms with Crippen LogP contribution in [0.4, 0.5) is 11.4 Å². The molecule has 0 saturated heterocycles. The first-order valence-corrected chi connectivity index (χ1v) is 11.9. The van der Waals surface area contributed by atoms with Crippen molar-refractivity contribution < 1.29 is 22.9 Å². The number of hydrazone groups is 1. The number of benzene rings is 3. The molecule has 0 spiro atoms. The molecule has 3 aromatic carbocycles. The molecule has 182 valence electrons. The minimum absolute atomic E-state index is 0.0296. The molecule has 0 fully saturated rings. The molecule has 0 bridgehead atoms. The number of hydrogen-bond acceptors (Lipinski definition) is 7. The van der Waals surface area contributed by atoms with E-state index in [1.165, 1.54) is 61.9 Å². The summed E-state index contributed by atoms with van der Waals surface area (Å²) in [6, 6.07) is 16.2. The van der Waals surface area contributed by atoms with E-state index in [4.69, 9.17) is 16.3 Å². The maximum absolute atomic E-state index is 13.5. The largest absolute Gasteiger partial charge is 0.495 e. The lowest BCUT2D eigenvalue weighted by molar-refractivity contribution is -0.384. The van der Waals surface area contributed by atoms with Gasteiger partial charge >= 0.3 is 0 Å². The molecule has 12 heteroatoms. The number of carbonyl (C=O) groups is 1. The second kappa shape index (κ2) is 11.0. The predicted octanol–water partition coefficient (Wildman–Crippen LogP) is 3.91. The molecule has 1 N–H and O–H groups in total. The van der Waals surface area contributed by atoms with Crippen LogP contribution < -0.4 is 14.5 Å². The normalized spacial score (nSPS) is 11.3. The van der Waals surface area contributed by atoms with Gasteiger partial charge < -0.3 is 4.74 Å². The van der Waals surface area contributed by atoms with Gasteiger partial charge in [0.1, 0.15) is 12.3 Å². The zero-order chi connectivity index (χ0) is 25.6. The van der Waals surface area contributed by atoms with E-state index >= 15 is 0 Å². The minimum atomic E-state index is -4.20. The van der Waals surface area contributed by atoms with Crippen molar-refractivity contribution >= 4 is 45.1 Å². The second-order valence-electron chi connectivity index (χ2n) is 7.29. The van der Waals surface area contributed by atoms with Crippen molar-refractivity contribution in [2.24, 2.45) is 5.10 Å². The molecule has 0 unspecified atom stereocenters. The van der Waals surface area contributed by atoms with Crippen molar-refractivity contribution in [1.29, 1.82) is 0 Å². The number of ether oxygens (including phenoxy) is 1. The Morgan fingerprint density at radius 2 is 1.89 bits per heavy atom. The fourth-order valence-electron chi connectivity index (χ4n) is 3.06. The number of nitro groups is 1. The summed E-state index contributed by atoms with van der Waals surface area (Å²) in [5, 5.41) is 14.9. The Kier molecular flexibility index (Phi) is 8.05. The number of methoxy groups -OCH3 is 1. The van der Waals surface area contributed by atoms with Gasteiger partial charge in [-0.3, -0.25) is 19.2 Å². The van der Waals surface area contributed by atoms with Gasteiger partial charge in [0.05, 0.1) is 28.8 Å². The molecule has 0 aliphatic heterocycles. The van der Waals surface area contributed by atoms with Gasteiger partial charge in [0, 0.05) is 22.7 Å². The molecule has 3 rings (SSSR count). The first-order chi connectivity index (χ1) is 16.6. The molecule has 0 saturated carbocycles. The lowest BCUT2D eigenvalue weighted by atomic mass is 10.2. The van der Waals surface area contributed by atoms with E-state index < -0.39 is 27.4 Å². The maximum Gasteiger partial charge on any atom is 0.270 e. The van der Waals surface area contributed by atoms with E-state index in [0.29, 0.717) is 5.56 Å². The Bertz CT molecular complexity index is 1380. The molecular weight excluding hydrogens is 496 g/mol. The SMILES string of the molecule is COc1ccc(Cl)cc1N(CC(=O)N/N=C\c1cccc([N+](=O)[O-])c1)S(=O)(=O)c1ccc(C)cc1. The summed E-state index contributed by atoms with van der Waals surface area (Å²) in [7, 11) is -2.83. The van der Waals surface area contributed by atoms with E-state index in [-0.39, 0.29) is 27.0 Å². The summed E-state index contributed by atoms with van der Waals surface area (Å²) in [4.78, 5) is 23.0. The van der Waals surface area contributed by atoms with Crippen molar-refractivity contribution in [1.82, 2.24) is 5.43 Å². The Morgan fingerprint density at radius 3 is 2.54 bits per heavy atom. The molecule has 0 aliphatic rings. The third-order valence-corrected chi connectivity index (χ3v) is 6.80. The molecule has 1 amide bonds. The number of nitrogens with zero attached hydrogens (tertiary/aromatic N) is 3. The third-order valence-electron chi connectivity index (χ3n) is 4.79. The summed E-state index contributed by atoms with van der Waals surface area (Å²) in [6.45, 7) is 1.18. The van der Waals surface area contributed by atoms with Crippen LogP contribution in [0.2, 0.25) is 5.02 Å². The molecule has 10 nitrogen and oxygen atoms in total. The number of hydrogen-bond donors (Lipinski definition) is 1. The van der Waals surface area contributed by atoms with Crippen molar-refractivity contribution in [3.8, 4) is 5.75 Å². The Hall–Kier alpha value is -3.96. The van der Waals surface area contributed by atoms with Crippen LogP contribution in [0, 0.1) is 17.0 Å². The van der Waals surface area contributed by atoms with E-state index in [0.717, 1.165) is 9.87 Å². The average Bonchev–Trinajstić information content (AvgIpc) is 2.83. The number of amides is 1. The molecule has 0 aliphatic carbocycles. The van der Waals surface area contributed by atoms with E-state index in [2.05, 4.69) is 10.5 Å². The van der Waals surface area contributed by atoms with Crippen LogP contribution >= 0.6 is 11.6 Å². The van der Waals surface area contributed by atoms with Crippen LogP contribution in [0.5, 0.6) is 5.75 Å². The number of anilines is 1. The topological polar surface area (TPSA) is 131 Å². The maximum atomic E-state index is 13.5. The standard InChI is InChI=1S/C23H21ClN4O6S/c1-16-6-9-20(10-7-16)35(32,33)27(21-13-18(24)8-11-22(21)34-2)15-23(29)26-25-14-17-4-3-5-19(12-17)28(30)31/h3-14H,15H2,1-2H3,(H,26,29)/b25-14-. The number of halogens is 1. The van der Waals surface area contributed by atoms with Crippen LogP contribution in [-0.2, 0) is 14.8 Å². The van der Waals surface area contributed by atoms with Crippen LogP contribution in [0.25, 0.3) is 0 Å². The first kappa shape index (κ1) is 25.7. The highest BCUT2D eigenvalue weighted by atomic mass is 35.5. The molecule has 35 heavy (non-hydrogen) atoms. The lowest BCUT2D eigenvalue weighted by Crippen LogP contribution is -2.39. The van der Waals surface area contributed by atoms with Crippen molar-refractivity contribution in [2.45, 2.75) is 11.8 Å². The zero-order valence-electron chi connectivity index (χ0n) is 18.7. The fourth-order valence-corrected chi connectivity index (χ4v) is 4.65. The number of nitro benzene ring substituents is 1. The van der Waals surface area contributed by atoms with Crippen LogP contribution in [0.15, 0.2) is 76.7 Å². The van der Waals surface area contributed by atoms with Crippen LogP contribution in [-0.4, -0.2) is 39.1 Å². The molecule has 0 radical (unpaired) electrons. The van der Waals surface area contributed by atoms with Crippen LogP contribution in [0.1, 0.15) is 11.1 Å². The second-order valence-corrected chi connectivity index (χ2v) is 9.58. The average molecular weight is 517 g/mol. The Labute approximate surface area is 207 Å². The summed E-state index contributed by atoms with van der Waals surface area (Å²) in [6.07, 6.45) is 1.21. The number of rotatable bonds is 9. The fraction of sp³-hybridized carbons (Fsp3) is 0.130. The van der Waals surface area contributed by atoms with E-state index in [1.54, 1.807) is 18.2 Å². The first-order valence-electron chi connectivity index (χ1n) is 10.1. The van der Waals surface area contributed by atoms with Gasteiger partial charge in [-0.1, -0.05) is 41.4 Å². The van der Waals surface area contributed by atoms with E-state index in [1.807, 2.05) is 6.92 Å². The number of nitrogens with one attached hydrogen (secondary N) is 1. The summed E-state index contributed by atoms with van der Waals surface area (Å²) < 4.78 is 33.2. The minimum Gasteiger partial charge on any atom is -0.495 e. The molecule has 0 aromatic heterocycles. The van der Waals surface area contributed by atoms with E-state index in [9.17, 15) is 23.3 Å². The van der Waals surface area contributed by atoms with Crippen molar-refractivity contribution in [3.63, 3.8) is 0 Å². The van der Waals surface area contributed by atoms with Gasteiger partial charge in [-0.25, -0.2) is 13.8 Å². The highest BCUT2D eigenvalue weighted by Crippen LogP contribution is 2.34. The third kappa shape index (κ3) is 6.34. The van der Waals surface area contributed by atoms with Crippen molar-refractivity contribution in [3.05, 3.63) is 93.0 Å². The molecule has 3 aromatic rings. The van der Waals surface area contributed by atoms with Gasteiger partial charge in [-0.05, 0) is 37.3 Å². The van der Waals surface area contributed by atoms with Gasteiger partial charge in [-0.2, -0.15) is 5.10 Å². The highest BCUT2D eigenvalue weighted by molar-refractivity contribution is 7.92. The number of sulfonamides is 1. The number of aryl methyl sites for hydroxylation is 1. The van der Waals surface area contributed by atoms with Gasteiger partial charge in [0.2, 0.25) is 0 Å². The molecular formula is C23H21ClN4O6S. The zero-order valence-corrected chi connectivity index (χ0v) is 20.3. The predicted molar refractivity (Wildman–Crippen MR) is 133 cm³/mol. The van der Waals surface area contributed by atoms with Gasteiger partial charge in [0.15, 0.2) is 0 Å². The highest BCUT2D eigenvalue weighted by Gasteiger charge is 2.29. The summed E-state index contributed by atoms with van der Waals surface area (Å²) in [5.74, 6) is -0.567. The van der Waals surface area contributed by atoms with Gasteiger partial charge in [-0.15, -0.1) is 0 Å². The monoisotopic (exact) mass is 516 g/mol. The smallest absolute Gasteiger partial charge is 0.270 e. The van der Waals surface area contributed by atoms with Crippen molar-refractivity contribution in [2.75, 3.05) is 18.0 Å². The molecule has 0 atom stereocenters. The lowest BCUT2D eigenvalue weighted by Gasteiger charge is -2.25. The van der Waals surface area contributed by atoms with Gasteiger partial charge in [0.25, 0.3) is 21.6 Å². The van der Waals surface area contributed by atoms with Crippen LogP contribution in [0.3, 0.4) is 0 Å². The summed E-state index contributed by atoms with van der Waals surface area (Å²) >= 11 is 6.11. The quantitative estimate of drug-likeness (QED) is 0.260. The molecule has 0 heterocycles. The Morgan fingerprint density at radius 1 is 1.17 bits per heavy atom. The number of non-ortho nitro benzene ring substituents is 1. The summed E-state index contributed by atoms with van der Waals surface area (Å²) in [5.41, 5.74) is 3.42. The number of carbonyl (C=O) groups excluding carboxylic acids is 1.